The highest BCUT2D eigenvalue weighted by atomic mass is 32.2. The molecular weight excluding hydrogens is 194 g/mol. The highest BCUT2D eigenvalue weighted by molar-refractivity contribution is 7.98. The molecule has 0 heterocycles. The fourth-order valence-corrected chi connectivity index (χ4v) is 1.82. The van der Waals surface area contributed by atoms with Crippen molar-refractivity contribution >= 4 is 11.8 Å². The van der Waals surface area contributed by atoms with Gasteiger partial charge in [-0.15, -0.1) is 0 Å². The molecule has 3 heteroatoms. The van der Waals surface area contributed by atoms with Crippen molar-refractivity contribution in [3.63, 3.8) is 0 Å². The third-order valence-electron chi connectivity index (χ3n) is 2.18. The Bertz CT molecular complexity index is 89.3. The first-order chi connectivity index (χ1) is 6.91. The Morgan fingerprint density at radius 3 is 2.43 bits per heavy atom. The maximum absolute atomic E-state index is 4.95. The zero-order chi connectivity index (χ0) is 10.5. The summed E-state index contributed by atoms with van der Waals surface area (Å²) in [6.07, 6.45) is 9.04. The highest BCUT2D eigenvalue weighted by Crippen LogP contribution is 2.05. The SMILES string of the molecule is COCCNCCCCCCCSC. The van der Waals surface area contributed by atoms with Crippen LogP contribution in [0.3, 0.4) is 0 Å². The standard InChI is InChI=1S/C11H25NOS/c1-13-10-9-12-8-6-4-3-5-7-11-14-2/h12H,3-11H2,1-2H3. The Balaban J connectivity index is 2.78. The minimum Gasteiger partial charge on any atom is -0.383 e. The normalized spacial score (nSPS) is 10.7. The van der Waals surface area contributed by atoms with E-state index in [9.17, 15) is 0 Å². The smallest absolute Gasteiger partial charge is 0.0587 e. The second kappa shape index (κ2) is 13.3. The molecule has 1 N–H and O–H groups in total. The van der Waals surface area contributed by atoms with Gasteiger partial charge in [0, 0.05) is 13.7 Å². The van der Waals surface area contributed by atoms with Gasteiger partial charge < -0.3 is 10.1 Å². The van der Waals surface area contributed by atoms with Crippen LogP contribution < -0.4 is 5.32 Å². The van der Waals surface area contributed by atoms with Crippen molar-refractivity contribution in [2.75, 3.05) is 38.8 Å². The Morgan fingerprint density at radius 2 is 1.71 bits per heavy atom. The second-order valence-electron chi connectivity index (χ2n) is 3.50. The van der Waals surface area contributed by atoms with Crippen molar-refractivity contribution in [1.82, 2.24) is 5.32 Å². The number of thioether (sulfide) groups is 1. The zero-order valence-corrected chi connectivity index (χ0v) is 10.5. The molecule has 0 saturated carbocycles. The molecule has 0 aliphatic rings. The summed E-state index contributed by atoms with van der Waals surface area (Å²) < 4.78 is 4.95. The molecule has 86 valence electrons. The lowest BCUT2D eigenvalue weighted by atomic mass is 10.1. The summed E-state index contributed by atoms with van der Waals surface area (Å²) in [6.45, 7) is 2.96. The molecule has 0 radical (unpaired) electrons. The van der Waals surface area contributed by atoms with Gasteiger partial charge in [-0.1, -0.05) is 19.3 Å². The van der Waals surface area contributed by atoms with E-state index in [1.54, 1.807) is 7.11 Å². The number of hydrogen-bond donors (Lipinski definition) is 1. The minimum atomic E-state index is 0.827. The average Bonchev–Trinajstić information content (AvgIpc) is 2.21. The molecule has 0 spiro atoms. The molecule has 0 bridgehead atoms. The number of nitrogens with one attached hydrogen (secondary N) is 1. The van der Waals surface area contributed by atoms with Gasteiger partial charge in [-0.2, -0.15) is 11.8 Å². The van der Waals surface area contributed by atoms with E-state index in [1.807, 2.05) is 11.8 Å². The van der Waals surface area contributed by atoms with Crippen LogP contribution in [0.25, 0.3) is 0 Å². The van der Waals surface area contributed by atoms with Crippen molar-refractivity contribution in [3.05, 3.63) is 0 Å². The number of methoxy groups -OCH3 is 1. The summed E-state index contributed by atoms with van der Waals surface area (Å²) >= 11 is 1.95. The van der Waals surface area contributed by atoms with Crippen molar-refractivity contribution < 1.29 is 4.74 Å². The molecule has 0 aromatic rings. The summed E-state index contributed by atoms with van der Waals surface area (Å²) in [7, 11) is 1.74. The van der Waals surface area contributed by atoms with Crippen molar-refractivity contribution in [2.24, 2.45) is 0 Å². The second-order valence-corrected chi connectivity index (χ2v) is 4.49. The fraction of sp³-hybridized carbons (Fsp3) is 1.00. The van der Waals surface area contributed by atoms with E-state index >= 15 is 0 Å². The molecule has 2 nitrogen and oxygen atoms in total. The van der Waals surface area contributed by atoms with Crippen LogP contribution in [0.5, 0.6) is 0 Å². The lowest BCUT2D eigenvalue weighted by molar-refractivity contribution is 0.199. The predicted octanol–water partition coefficient (Wildman–Crippen LogP) is 2.54. The zero-order valence-electron chi connectivity index (χ0n) is 9.68. The maximum Gasteiger partial charge on any atom is 0.0587 e. The molecular formula is C11H25NOS. The third kappa shape index (κ3) is 12.3. The Kier molecular flexibility index (Phi) is 13.5. The first kappa shape index (κ1) is 14.3. The van der Waals surface area contributed by atoms with Crippen LogP contribution in [-0.2, 0) is 4.74 Å². The van der Waals surface area contributed by atoms with Crippen molar-refractivity contribution in [1.29, 1.82) is 0 Å². The number of unbranched alkanes of at least 4 members (excludes halogenated alkanes) is 4. The van der Waals surface area contributed by atoms with Crippen molar-refractivity contribution in [2.45, 2.75) is 32.1 Å². The topological polar surface area (TPSA) is 21.3 Å². The first-order valence-corrected chi connectivity index (χ1v) is 6.99. The number of hydrogen-bond acceptors (Lipinski definition) is 3. The predicted molar refractivity (Wildman–Crippen MR) is 66.2 cm³/mol. The van der Waals surface area contributed by atoms with Crippen LogP contribution in [-0.4, -0.2) is 38.8 Å². The van der Waals surface area contributed by atoms with Gasteiger partial charge in [0.05, 0.1) is 6.61 Å². The van der Waals surface area contributed by atoms with Gasteiger partial charge >= 0.3 is 0 Å². The fourth-order valence-electron chi connectivity index (χ4n) is 1.33. The Labute approximate surface area is 93.2 Å². The van der Waals surface area contributed by atoms with Crippen LogP contribution in [0, 0.1) is 0 Å². The van der Waals surface area contributed by atoms with Gasteiger partial charge in [-0.25, -0.2) is 0 Å². The molecule has 0 fully saturated rings. The quantitative estimate of drug-likeness (QED) is 0.540. The van der Waals surface area contributed by atoms with Crippen molar-refractivity contribution in [3.8, 4) is 0 Å². The summed E-state index contributed by atoms with van der Waals surface area (Å²) in [6, 6.07) is 0. The third-order valence-corrected chi connectivity index (χ3v) is 2.88. The summed E-state index contributed by atoms with van der Waals surface area (Å²) in [4.78, 5) is 0. The first-order valence-electron chi connectivity index (χ1n) is 5.60. The molecule has 0 unspecified atom stereocenters. The summed E-state index contributed by atoms with van der Waals surface area (Å²) in [5.74, 6) is 1.33. The van der Waals surface area contributed by atoms with E-state index in [2.05, 4.69) is 11.6 Å². The van der Waals surface area contributed by atoms with Gasteiger partial charge in [0.25, 0.3) is 0 Å². The van der Waals surface area contributed by atoms with Gasteiger partial charge in [-0.05, 0) is 31.4 Å². The van der Waals surface area contributed by atoms with Crippen LogP contribution in [0.1, 0.15) is 32.1 Å². The molecule has 0 aromatic heterocycles. The van der Waals surface area contributed by atoms with Crippen LogP contribution in [0.2, 0.25) is 0 Å². The molecule has 0 aliphatic heterocycles. The van der Waals surface area contributed by atoms with Crippen LogP contribution in [0.15, 0.2) is 0 Å². The van der Waals surface area contributed by atoms with E-state index in [-0.39, 0.29) is 0 Å². The molecule has 0 amide bonds. The molecule has 0 atom stereocenters. The Morgan fingerprint density at radius 1 is 1.00 bits per heavy atom. The van der Waals surface area contributed by atoms with E-state index in [1.165, 1.54) is 37.9 Å². The monoisotopic (exact) mass is 219 g/mol. The minimum absolute atomic E-state index is 0.827. The van der Waals surface area contributed by atoms with Gasteiger partial charge in [-0.3, -0.25) is 0 Å². The number of rotatable bonds is 11. The highest BCUT2D eigenvalue weighted by Gasteiger charge is 1.90. The average molecular weight is 219 g/mol. The lowest BCUT2D eigenvalue weighted by Gasteiger charge is -2.03. The van der Waals surface area contributed by atoms with E-state index in [0.29, 0.717) is 0 Å². The maximum atomic E-state index is 4.95. The Hall–Kier alpha value is 0.270. The molecule has 0 aromatic carbocycles. The molecule has 0 aliphatic carbocycles. The van der Waals surface area contributed by atoms with E-state index in [0.717, 1.165) is 19.7 Å². The van der Waals surface area contributed by atoms with Gasteiger partial charge in [0.15, 0.2) is 0 Å². The van der Waals surface area contributed by atoms with Crippen LogP contribution in [0.4, 0.5) is 0 Å². The van der Waals surface area contributed by atoms with Gasteiger partial charge in [0.1, 0.15) is 0 Å². The largest absolute Gasteiger partial charge is 0.383 e. The lowest BCUT2D eigenvalue weighted by Crippen LogP contribution is -2.20. The summed E-state index contributed by atoms with van der Waals surface area (Å²) in [5, 5.41) is 3.36. The van der Waals surface area contributed by atoms with Crippen LogP contribution >= 0.6 is 11.8 Å². The van der Waals surface area contributed by atoms with E-state index in [4.69, 9.17) is 4.74 Å². The van der Waals surface area contributed by atoms with E-state index < -0.39 is 0 Å². The number of ether oxygens (including phenoxy) is 1. The molecule has 14 heavy (non-hydrogen) atoms. The molecule has 0 saturated heterocycles. The summed E-state index contributed by atoms with van der Waals surface area (Å²) in [5.41, 5.74) is 0. The van der Waals surface area contributed by atoms with Gasteiger partial charge in [0.2, 0.25) is 0 Å². The molecule has 0 rings (SSSR count).